The van der Waals surface area contributed by atoms with Crippen LogP contribution in [0, 0.1) is 0 Å². The molecule has 0 saturated heterocycles. The molecule has 1 rings (SSSR count). The highest BCUT2D eigenvalue weighted by molar-refractivity contribution is 7.80. The third kappa shape index (κ3) is 4.38. The average Bonchev–Trinajstić information content (AvgIpc) is 2.36. The molecule has 18 heavy (non-hydrogen) atoms. The van der Waals surface area contributed by atoms with Gasteiger partial charge in [-0.1, -0.05) is 30.3 Å². The van der Waals surface area contributed by atoms with Crippen LogP contribution >= 0.6 is 12.6 Å². The molecule has 0 bridgehead atoms. The van der Waals surface area contributed by atoms with E-state index in [1.165, 1.54) is 0 Å². The van der Waals surface area contributed by atoms with Gasteiger partial charge in [-0.3, -0.25) is 9.59 Å². The molecular formula is C12H17N3O2S. The molecule has 1 aromatic carbocycles. The van der Waals surface area contributed by atoms with E-state index >= 15 is 0 Å². The van der Waals surface area contributed by atoms with Crippen molar-refractivity contribution >= 4 is 24.4 Å². The number of benzene rings is 1. The minimum Gasteiger partial charge on any atom is -0.368 e. The molecule has 0 heterocycles. The van der Waals surface area contributed by atoms with Crippen molar-refractivity contribution < 1.29 is 9.59 Å². The quantitative estimate of drug-likeness (QED) is 0.521. The predicted octanol–water partition coefficient (Wildman–Crippen LogP) is -0.544. The van der Waals surface area contributed by atoms with Crippen molar-refractivity contribution in [3.05, 3.63) is 35.9 Å². The van der Waals surface area contributed by atoms with Crippen LogP contribution in [0.25, 0.3) is 0 Å². The number of amides is 2. The van der Waals surface area contributed by atoms with Gasteiger partial charge in [0, 0.05) is 5.75 Å². The number of hydrogen-bond donors (Lipinski definition) is 4. The highest BCUT2D eigenvalue weighted by Crippen LogP contribution is 2.02. The van der Waals surface area contributed by atoms with Crippen molar-refractivity contribution in [2.24, 2.45) is 11.5 Å². The number of thiol groups is 1. The molecule has 0 aromatic heterocycles. The van der Waals surface area contributed by atoms with Gasteiger partial charge >= 0.3 is 0 Å². The molecule has 0 saturated carbocycles. The minimum absolute atomic E-state index is 0.152. The van der Waals surface area contributed by atoms with Gasteiger partial charge in [0.2, 0.25) is 11.8 Å². The number of nitrogens with one attached hydrogen (secondary N) is 1. The molecule has 0 spiro atoms. The Bertz CT molecular complexity index is 411. The van der Waals surface area contributed by atoms with Crippen LogP contribution < -0.4 is 16.8 Å². The summed E-state index contributed by atoms with van der Waals surface area (Å²) >= 11 is 3.94. The van der Waals surface area contributed by atoms with Crippen LogP contribution in [0.1, 0.15) is 5.56 Å². The SMILES string of the molecule is NC(=O)[C@H](CS)NC(=O)[C@H](N)Cc1ccccc1. The molecule has 0 fully saturated rings. The summed E-state index contributed by atoms with van der Waals surface area (Å²) in [6.07, 6.45) is 0.407. The fourth-order valence-corrected chi connectivity index (χ4v) is 1.72. The molecule has 5 nitrogen and oxygen atoms in total. The van der Waals surface area contributed by atoms with Gasteiger partial charge in [0.1, 0.15) is 6.04 Å². The summed E-state index contributed by atoms with van der Waals surface area (Å²) < 4.78 is 0. The number of carbonyl (C=O) groups is 2. The molecule has 6 heteroatoms. The topological polar surface area (TPSA) is 98.2 Å². The summed E-state index contributed by atoms with van der Waals surface area (Å²) in [7, 11) is 0. The van der Waals surface area contributed by atoms with Gasteiger partial charge in [-0.15, -0.1) is 0 Å². The summed E-state index contributed by atoms with van der Waals surface area (Å²) in [6, 6.07) is 7.91. The molecule has 0 aliphatic carbocycles. The summed E-state index contributed by atoms with van der Waals surface area (Å²) in [5.74, 6) is -0.874. The number of rotatable bonds is 6. The predicted molar refractivity (Wildman–Crippen MR) is 73.1 cm³/mol. The first-order valence-electron chi connectivity index (χ1n) is 5.54. The normalized spacial score (nSPS) is 13.7. The van der Waals surface area contributed by atoms with Gasteiger partial charge < -0.3 is 16.8 Å². The third-order valence-electron chi connectivity index (χ3n) is 2.48. The van der Waals surface area contributed by atoms with Crippen LogP contribution in [0.5, 0.6) is 0 Å². The van der Waals surface area contributed by atoms with Crippen molar-refractivity contribution in [3.63, 3.8) is 0 Å². The zero-order chi connectivity index (χ0) is 13.5. The Balaban J connectivity index is 2.54. The highest BCUT2D eigenvalue weighted by Gasteiger charge is 2.20. The van der Waals surface area contributed by atoms with Crippen LogP contribution in [0.3, 0.4) is 0 Å². The van der Waals surface area contributed by atoms with E-state index in [0.29, 0.717) is 6.42 Å². The Morgan fingerprint density at radius 1 is 1.28 bits per heavy atom. The first-order chi connectivity index (χ1) is 8.54. The number of carbonyl (C=O) groups excluding carboxylic acids is 2. The van der Waals surface area contributed by atoms with Gasteiger partial charge in [-0.25, -0.2) is 0 Å². The number of nitrogens with two attached hydrogens (primary N) is 2. The standard InChI is InChI=1S/C12H17N3O2S/c13-9(6-8-4-2-1-3-5-8)12(17)15-10(7-18)11(14)16/h1-5,9-10,18H,6-7,13H2,(H2,14,16)(H,15,17)/t9-,10+/m1/s1. The first-order valence-corrected chi connectivity index (χ1v) is 6.18. The van der Waals surface area contributed by atoms with Crippen molar-refractivity contribution in [3.8, 4) is 0 Å². The highest BCUT2D eigenvalue weighted by atomic mass is 32.1. The van der Waals surface area contributed by atoms with E-state index in [9.17, 15) is 9.59 Å². The van der Waals surface area contributed by atoms with Crippen molar-refractivity contribution in [1.29, 1.82) is 0 Å². The maximum absolute atomic E-state index is 11.7. The summed E-state index contributed by atoms with van der Waals surface area (Å²) in [5, 5.41) is 2.47. The summed E-state index contributed by atoms with van der Waals surface area (Å²) in [5.41, 5.74) is 11.8. The zero-order valence-electron chi connectivity index (χ0n) is 9.87. The van der Waals surface area contributed by atoms with Crippen molar-refractivity contribution in [2.75, 3.05) is 5.75 Å². The van der Waals surface area contributed by atoms with Gasteiger partial charge in [-0.05, 0) is 12.0 Å². The molecular weight excluding hydrogens is 250 g/mol. The Morgan fingerprint density at radius 2 is 1.89 bits per heavy atom. The van der Waals surface area contributed by atoms with E-state index in [1.807, 2.05) is 30.3 Å². The van der Waals surface area contributed by atoms with Crippen molar-refractivity contribution in [2.45, 2.75) is 18.5 Å². The van der Waals surface area contributed by atoms with E-state index in [0.717, 1.165) is 5.56 Å². The number of hydrogen-bond acceptors (Lipinski definition) is 4. The minimum atomic E-state index is -0.789. The average molecular weight is 267 g/mol. The monoisotopic (exact) mass is 267 g/mol. The lowest BCUT2D eigenvalue weighted by molar-refractivity contribution is -0.127. The van der Waals surface area contributed by atoms with Gasteiger partial charge in [0.25, 0.3) is 0 Å². The Kier molecular flexibility index (Phi) is 5.67. The van der Waals surface area contributed by atoms with Crippen LogP contribution in [-0.4, -0.2) is 29.7 Å². The molecule has 5 N–H and O–H groups in total. The van der Waals surface area contributed by atoms with Gasteiger partial charge in [0.15, 0.2) is 0 Å². The van der Waals surface area contributed by atoms with Crippen LogP contribution in [0.4, 0.5) is 0 Å². The van der Waals surface area contributed by atoms with Crippen molar-refractivity contribution in [1.82, 2.24) is 5.32 Å². The Hall–Kier alpha value is -1.53. The lowest BCUT2D eigenvalue weighted by Crippen LogP contribution is -2.51. The molecule has 98 valence electrons. The van der Waals surface area contributed by atoms with E-state index in [-0.39, 0.29) is 5.75 Å². The fraction of sp³-hybridized carbons (Fsp3) is 0.333. The van der Waals surface area contributed by atoms with E-state index in [4.69, 9.17) is 11.5 Å². The number of primary amides is 1. The fourth-order valence-electron chi connectivity index (χ4n) is 1.45. The molecule has 0 aliphatic heterocycles. The maximum atomic E-state index is 11.7. The molecule has 2 atom stereocenters. The van der Waals surface area contributed by atoms with Crippen LogP contribution in [-0.2, 0) is 16.0 Å². The van der Waals surface area contributed by atoms with Gasteiger partial charge in [0.05, 0.1) is 6.04 Å². The lowest BCUT2D eigenvalue weighted by Gasteiger charge is -2.16. The molecule has 0 radical (unpaired) electrons. The van der Waals surface area contributed by atoms with E-state index in [1.54, 1.807) is 0 Å². The van der Waals surface area contributed by atoms with E-state index in [2.05, 4.69) is 17.9 Å². The van der Waals surface area contributed by atoms with Crippen LogP contribution in [0.15, 0.2) is 30.3 Å². The second-order valence-corrected chi connectivity index (χ2v) is 4.31. The molecule has 2 amide bonds. The molecule has 0 aliphatic rings. The summed E-state index contributed by atoms with van der Waals surface area (Å²) in [6.45, 7) is 0. The van der Waals surface area contributed by atoms with E-state index < -0.39 is 23.9 Å². The largest absolute Gasteiger partial charge is 0.368 e. The van der Waals surface area contributed by atoms with Gasteiger partial charge in [-0.2, -0.15) is 12.6 Å². The zero-order valence-corrected chi connectivity index (χ0v) is 10.8. The second kappa shape index (κ2) is 7.03. The molecule has 1 aromatic rings. The maximum Gasteiger partial charge on any atom is 0.240 e. The smallest absolute Gasteiger partial charge is 0.240 e. The lowest BCUT2D eigenvalue weighted by atomic mass is 10.1. The first kappa shape index (κ1) is 14.5. The van der Waals surface area contributed by atoms with Crippen LogP contribution in [0.2, 0.25) is 0 Å². The third-order valence-corrected chi connectivity index (χ3v) is 2.84. The Labute approximate surface area is 111 Å². The summed E-state index contributed by atoms with van der Waals surface area (Å²) in [4.78, 5) is 22.7. The molecule has 0 unspecified atom stereocenters. The Morgan fingerprint density at radius 3 is 2.39 bits per heavy atom. The second-order valence-electron chi connectivity index (χ2n) is 3.94.